The van der Waals surface area contributed by atoms with Gasteiger partial charge >= 0.3 is 5.97 Å². The average Bonchev–Trinajstić information content (AvgIpc) is 1.84. The summed E-state index contributed by atoms with van der Waals surface area (Å²) in [6.07, 6.45) is 0. The second-order valence-electron chi connectivity index (χ2n) is 2.17. The van der Waals surface area contributed by atoms with Gasteiger partial charge in [0.1, 0.15) is 6.04 Å². The van der Waals surface area contributed by atoms with E-state index in [4.69, 9.17) is 5.73 Å². The maximum absolute atomic E-state index is 10.6. The Morgan fingerprint density at radius 3 is 2.22 bits per heavy atom. The van der Waals surface area contributed by atoms with E-state index in [0.717, 1.165) is 0 Å². The van der Waals surface area contributed by atoms with Crippen molar-refractivity contribution in [3.8, 4) is 0 Å². The third kappa shape index (κ3) is 3.00. The van der Waals surface area contributed by atoms with Crippen LogP contribution >= 0.6 is 23.0 Å². The van der Waals surface area contributed by atoms with Crippen LogP contribution in [0.15, 0.2) is 0 Å². The molecular formula is C5H10INO2. The molecule has 4 heteroatoms. The number of nitrogens with two attached hydrogens (primary N) is 1. The van der Waals surface area contributed by atoms with Gasteiger partial charge in [0.2, 0.25) is 0 Å². The van der Waals surface area contributed by atoms with Crippen LogP contribution in [0, 0.1) is 5.92 Å². The predicted molar refractivity (Wildman–Crippen MR) is 42.9 cm³/mol. The van der Waals surface area contributed by atoms with E-state index in [1.54, 1.807) is 0 Å². The first-order valence-electron chi connectivity index (χ1n) is 2.67. The summed E-state index contributed by atoms with van der Waals surface area (Å²) < 4.78 is 4.38. The van der Waals surface area contributed by atoms with E-state index in [1.807, 2.05) is 13.8 Å². The quantitative estimate of drug-likeness (QED) is 0.732. The van der Waals surface area contributed by atoms with Crippen LogP contribution in [-0.2, 0) is 7.86 Å². The third-order valence-corrected chi connectivity index (χ3v) is 1.50. The molecular weight excluding hydrogens is 233 g/mol. The molecule has 0 spiro atoms. The largest absolute Gasteiger partial charge is 0.393 e. The van der Waals surface area contributed by atoms with Crippen molar-refractivity contribution in [1.82, 2.24) is 0 Å². The Hall–Kier alpha value is 0.160. The number of hydrogen-bond donors (Lipinski definition) is 1. The first-order chi connectivity index (χ1) is 4.09. The van der Waals surface area contributed by atoms with Gasteiger partial charge in [-0.25, -0.2) is 4.79 Å². The molecule has 0 radical (unpaired) electrons. The molecule has 0 saturated carbocycles. The average molecular weight is 243 g/mol. The highest BCUT2D eigenvalue weighted by atomic mass is 127. The molecule has 0 aliphatic heterocycles. The van der Waals surface area contributed by atoms with Crippen LogP contribution in [0.4, 0.5) is 0 Å². The lowest BCUT2D eigenvalue weighted by atomic mass is 10.1. The minimum atomic E-state index is -0.484. The number of halogens is 1. The van der Waals surface area contributed by atoms with Crippen molar-refractivity contribution < 1.29 is 7.86 Å². The summed E-state index contributed by atoms with van der Waals surface area (Å²) in [5.41, 5.74) is 5.39. The van der Waals surface area contributed by atoms with E-state index in [2.05, 4.69) is 3.07 Å². The first-order valence-corrected chi connectivity index (χ1v) is 3.55. The normalized spacial score (nSPS) is 13.4. The fourth-order valence-corrected chi connectivity index (χ4v) is 0.617. The standard InChI is InChI=1S/C5H10INO2/c1-3(2)4(7)5(8)9-6/h3-4H,7H2,1-2H3/t4-/m0/s1. The maximum atomic E-state index is 10.6. The molecule has 0 heterocycles. The molecule has 9 heavy (non-hydrogen) atoms. The van der Waals surface area contributed by atoms with Gasteiger partial charge in [-0.15, -0.1) is 0 Å². The Bertz CT molecular complexity index is 105. The number of carbonyl (C=O) groups excluding carboxylic acids is 1. The van der Waals surface area contributed by atoms with Crippen molar-refractivity contribution in [3.05, 3.63) is 0 Å². The second kappa shape index (κ2) is 4.05. The van der Waals surface area contributed by atoms with E-state index in [-0.39, 0.29) is 11.9 Å². The van der Waals surface area contributed by atoms with Crippen LogP contribution in [0.25, 0.3) is 0 Å². The molecule has 1 atom stereocenters. The van der Waals surface area contributed by atoms with Crippen molar-refractivity contribution in [3.63, 3.8) is 0 Å². The monoisotopic (exact) mass is 243 g/mol. The van der Waals surface area contributed by atoms with Gasteiger partial charge in [-0.2, -0.15) is 0 Å². The van der Waals surface area contributed by atoms with E-state index >= 15 is 0 Å². The van der Waals surface area contributed by atoms with Gasteiger partial charge in [-0.05, 0) is 5.92 Å². The summed E-state index contributed by atoms with van der Waals surface area (Å²) in [5.74, 6) is -0.210. The minimum Gasteiger partial charge on any atom is -0.393 e. The third-order valence-electron chi connectivity index (χ3n) is 1.07. The van der Waals surface area contributed by atoms with Gasteiger partial charge in [0.15, 0.2) is 23.0 Å². The van der Waals surface area contributed by atoms with Crippen molar-refractivity contribution >= 4 is 29.0 Å². The summed E-state index contributed by atoms with van der Waals surface area (Å²) in [5, 5.41) is 0. The summed E-state index contributed by atoms with van der Waals surface area (Å²) in [7, 11) is 0. The Balaban J connectivity index is 3.72. The van der Waals surface area contributed by atoms with E-state index < -0.39 is 6.04 Å². The molecule has 0 rings (SSSR count). The molecule has 3 nitrogen and oxygen atoms in total. The highest BCUT2D eigenvalue weighted by molar-refractivity contribution is 14.1. The van der Waals surface area contributed by atoms with Crippen LogP contribution in [-0.4, -0.2) is 12.0 Å². The van der Waals surface area contributed by atoms with Crippen LogP contribution in [0.2, 0.25) is 0 Å². The van der Waals surface area contributed by atoms with Crippen LogP contribution in [0.3, 0.4) is 0 Å². The molecule has 2 N–H and O–H groups in total. The Kier molecular flexibility index (Phi) is 4.12. The predicted octanol–water partition coefficient (Wildman–Crippen LogP) is 0.863. The van der Waals surface area contributed by atoms with Crippen LogP contribution < -0.4 is 5.73 Å². The molecule has 54 valence electrons. The Morgan fingerprint density at radius 2 is 2.11 bits per heavy atom. The van der Waals surface area contributed by atoms with Crippen LogP contribution in [0.1, 0.15) is 13.8 Å². The molecule has 0 fully saturated rings. The van der Waals surface area contributed by atoms with Gasteiger partial charge in [0, 0.05) is 0 Å². The topological polar surface area (TPSA) is 52.3 Å². The zero-order valence-electron chi connectivity index (χ0n) is 5.43. The summed E-state index contributed by atoms with van der Waals surface area (Å²) in [6.45, 7) is 3.75. The summed E-state index contributed by atoms with van der Waals surface area (Å²) in [6, 6.07) is -0.484. The van der Waals surface area contributed by atoms with E-state index in [0.29, 0.717) is 0 Å². The second-order valence-corrected chi connectivity index (χ2v) is 2.61. The lowest BCUT2D eigenvalue weighted by molar-refractivity contribution is -0.133. The van der Waals surface area contributed by atoms with Gasteiger partial charge < -0.3 is 8.80 Å². The first kappa shape index (κ1) is 9.16. The van der Waals surface area contributed by atoms with E-state index in [1.165, 1.54) is 23.0 Å². The number of hydrogen-bond acceptors (Lipinski definition) is 3. The lowest BCUT2D eigenvalue weighted by Gasteiger charge is -2.10. The van der Waals surface area contributed by atoms with Crippen LogP contribution in [0.5, 0.6) is 0 Å². The zero-order valence-corrected chi connectivity index (χ0v) is 7.58. The highest BCUT2D eigenvalue weighted by Gasteiger charge is 2.17. The van der Waals surface area contributed by atoms with Crippen molar-refractivity contribution in [1.29, 1.82) is 0 Å². The van der Waals surface area contributed by atoms with E-state index in [9.17, 15) is 4.79 Å². The molecule has 0 aliphatic rings. The van der Waals surface area contributed by atoms with Crippen molar-refractivity contribution in [2.75, 3.05) is 0 Å². The molecule has 0 bridgehead atoms. The minimum absolute atomic E-state index is 0.146. The fourth-order valence-electron chi connectivity index (χ4n) is 0.324. The smallest absolute Gasteiger partial charge is 0.332 e. The zero-order chi connectivity index (χ0) is 7.44. The van der Waals surface area contributed by atoms with Gasteiger partial charge in [0.05, 0.1) is 0 Å². The maximum Gasteiger partial charge on any atom is 0.332 e. The molecule has 0 unspecified atom stereocenters. The van der Waals surface area contributed by atoms with Gasteiger partial charge in [0.25, 0.3) is 0 Å². The van der Waals surface area contributed by atoms with Gasteiger partial charge in [-0.1, -0.05) is 13.8 Å². The highest BCUT2D eigenvalue weighted by Crippen LogP contribution is 2.02. The van der Waals surface area contributed by atoms with Gasteiger partial charge in [-0.3, -0.25) is 0 Å². The fraction of sp³-hybridized carbons (Fsp3) is 0.800. The SMILES string of the molecule is CC(C)[C@H](N)C(=O)OI. The molecule has 0 amide bonds. The Morgan fingerprint density at radius 1 is 1.67 bits per heavy atom. The molecule has 0 aromatic heterocycles. The summed E-state index contributed by atoms with van der Waals surface area (Å²) in [4.78, 5) is 10.6. The molecule has 0 saturated heterocycles. The lowest BCUT2D eigenvalue weighted by Crippen LogP contribution is -2.35. The molecule has 0 aromatic carbocycles. The van der Waals surface area contributed by atoms with Crippen molar-refractivity contribution in [2.24, 2.45) is 11.7 Å². The number of carbonyl (C=O) groups is 1. The van der Waals surface area contributed by atoms with Crippen molar-refractivity contribution in [2.45, 2.75) is 19.9 Å². The summed E-state index contributed by atoms with van der Waals surface area (Å²) >= 11 is 1.53. The molecule has 0 aliphatic carbocycles. The Labute approximate surface area is 68.6 Å². The number of rotatable bonds is 2. The molecule has 0 aromatic rings.